The number of pyridine rings is 2. The second-order valence-corrected chi connectivity index (χ2v) is 8.64. The van der Waals surface area contributed by atoms with E-state index < -0.39 is 5.41 Å². The Morgan fingerprint density at radius 2 is 1.88 bits per heavy atom. The molecule has 6 heteroatoms. The molecule has 1 aliphatic rings. The molecule has 2 aromatic heterocycles. The Hall–Kier alpha value is -3.54. The normalized spacial score (nSPS) is 18.2. The lowest BCUT2D eigenvalue weighted by atomic mass is 9.73. The number of benzene rings is 1. The van der Waals surface area contributed by atoms with Gasteiger partial charge in [0.2, 0.25) is 5.91 Å². The minimum Gasteiger partial charge on any atom is -0.348 e. The molecule has 32 heavy (non-hydrogen) atoms. The van der Waals surface area contributed by atoms with Crippen molar-refractivity contribution < 1.29 is 9.59 Å². The quantitative estimate of drug-likeness (QED) is 0.622. The van der Waals surface area contributed by atoms with Gasteiger partial charge in [-0.05, 0) is 54.2 Å². The van der Waals surface area contributed by atoms with E-state index in [-0.39, 0.29) is 11.8 Å². The molecule has 4 rings (SSSR count). The second kappa shape index (κ2) is 9.30. The number of piperidine rings is 1. The highest BCUT2D eigenvalue weighted by atomic mass is 16.2. The molecule has 1 aromatic carbocycles. The number of nitrogens with zero attached hydrogens (tertiary/aromatic N) is 4. The van der Waals surface area contributed by atoms with Gasteiger partial charge in [0.15, 0.2) is 0 Å². The van der Waals surface area contributed by atoms with Gasteiger partial charge in [0.25, 0.3) is 5.91 Å². The summed E-state index contributed by atoms with van der Waals surface area (Å²) < 4.78 is 0. The molecule has 0 spiro atoms. The van der Waals surface area contributed by atoms with Gasteiger partial charge in [0, 0.05) is 45.8 Å². The van der Waals surface area contributed by atoms with Crippen LogP contribution in [-0.2, 0) is 11.2 Å². The van der Waals surface area contributed by atoms with E-state index in [2.05, 4.69) is 28.2 Å². The van der Waals surface area contributed by atoms with Crippen LogP contribution in [0.15, 0.2) is 73.2 Å². The third-order valence-corrected chi connectivity index (χ3v) is 6.07. The molecule has 0 N–H and O–H groups in total. The molecule has 3 heterocycles. The molecule has 6 nitrogen and oxygen atoms in total. The molecule has 1 saturated heterocycles. The average Bonchev–Trinajstić information content (AvgIpc) is 2.84. The molecule has 164 valence electrons. The third-order valence-electron chi connectivity index (χ3n) is 6.07. The summed E-state index contributed by atoms with van der Waals surface area (Å²) >= 11 is 0. The number of carbonyl (C=O) groups is 2. The first-order valence-electron chi connectivity index (χ1n) is 10.9. The Labute approximate surface area is 188 Å². The van der Waals surface area contributed by atoms with Gasteiger partial charge in [-0.2, -0.15) is 0 Å². The third kappa shape index (κ3) is 4.54. The van der Waals surface area contributed by atoms with Gasteiger partial charge >= 0.3 is 0 Å². The molecule has 2 amide bonds. The van der Waals surface area contributed by atoms with Crippen molar-refractivity contribution in [3.05, 3.63) is 84.4 Å². The highest BCUT2D eigenvalue weighted by molar-refractivity contribution is 5.93. The Bertz CT molecular complexity index is 1090. The summed E-state index contributed by atoms with van der Waals surface area (Å²) in [4.78, 5) is 38.4. The number of hydrogen-bond donors (Lipinski definition) is 0. The lowest BCUT2D eigenvalue weighted by Gasteiger charge is -2.43. The fourth-order valence-electron chi connectivity index (χ4n) is 4.61. The lowest BCUT2D eigenvalue weighted by molar-refractivity contribution is -0.142. The highest BCUT2D eigenvalue weighted by Crippen LogP contribution is 2.36. The van der Waals surface area contributed by atoms with E-state index in [9.17, 15) is 9.59 Å². The first-order chi connectivity index (χ1) is 15.5. The van der Waals surface area contributed by atoms with E-state index in [0.29, 0.717) is 25.2 Å². The summed E-state index contributed by atoms with van der Waals surface area (Å²) in [5, 5.41) is 0. The molecule has 1 fully saturated rings. The zero-order valence-corrected chi connectivity index (χ0v) is 18.6. The standard InChI is InChI=1S/C26H28N4O2/c1-29(2)25(32)26(12-7-15-30(19-26)24(31)23-11-3-4-14-28-23)17-20-8-5-9-21(16-20)22-10-6-13-27-18-22/h3-6,8-11,13-14,16,18H,7,12,15,17,19H2,1-2H3/t26-/m1/s1. The maximum absolute atomic E-state index is 13.4. The molecule has 3 aromatic rings. The molecule has 0 bridgehead atoms. The fourth-order valence-corrected chi connectivity index (χ4v) is 4.61. The van der Waals surface area contributed by atoms with Crippen molar-refractivity contribution in [2.75, 3.05) is 27.2 Å². The van der Waals surface area contributed by atoms with Crippen LogP contribution in [0.4, 0.5) is 0 Å². The molecule has 1 aliphatic heterocycles. The Kier molecular flexibility index (Phi) is 6.30. The summed E-state index contributed by atoms with van der Waals surface area (Å²) in [5.74, 6) is -0.0619. The molecule has 0 radical (unpaired) electrons. The SMILES string of the molecule is CN(C)C(=O)[C@@]1(Cc2cccc(-c3cccnc3)c2)CCCN(C(=O)c2ccccn2)C1. The van der Waals surface area contributed by atoms with Crippen molar-refractivity contribution in [1.82, 2.24) is 19.8 Å². The van der Waals surface area contributed by atoms with Crippen molar-refractivity contribution in [3.8, 4) is 11.1 Å². The predicted octanol–water partition coefficient (Wildman–Crippen LogP) is 3.70. The van der Waals surface area contributed by atoms with Gasteiger partial charge in [-0.1, -0.05) is 36.4 Å². The largest absolute Gasteiger partial charge is 0.348 e. The van der Waals surface area contributed by atoms with Crippen molar-refractivity contribution in [2.45, 2.75) is 19.3 Å². The van der Waals surface area contributed by atoms with Gasteiger partial charge in [0.1, 0.15) is 5.69 Å². The molecule has 1 atom stereocenters. The van der Waals surface area contributed by atoms with Crippen LogP contribution in [0.2, 0.25) is 0 Å². The molecular weight excluding hydrogens is 400 g/mol. The second-order valence-electron chi connectivity index (χ2n) is 8.64. The van der Waals surface area contributed by atoms with Gasteiger partial charge in [-0.25, -0.2) is 0 Å². The van der Waals surface area contributed by atoms with Crippen LogP contribution in [-0.4, -0.2) is 58.8 Å². The van der Waals surface area contributed by atoms with Crippen LogP contribution in [0.25, 0.3) is 11.1 Å². The summed E-state index contributed by atoms with van der Waals surface area (Å²) in [5.41, 5.74) is 2.94. The van der Waals surface area contributed by atoms with Crippen LogP contribution >= 0.6 is 0 Å². The number of likely N-dealkylation sites (tertiary alicyclic amines) is 1. The van der Waals surface area contributed by atoms with E-state index in [4.69, 9.17) is 0 Å². The monoisotopic (exact) mass is 428 g/mol. The fraction of sp³-hybridized carbons (Fsp3) is 0.308. The minimum atomic E-state index is -0.667. The Morgan fingerprint density at radius 1 is 1.03 bits per heavy atom. The van der Waals surface area contributed by atoms with Crippen molar-refractivity contribution >= 4 is 11.8 Å². The molecule has 0 unspecified atom stereocenters. The van der Waals surface area contributed by atoms with Crippen LogP contribution in [0.5, 0.6) is 0 Å². The topological polar surface area (TPSA) is 66.4 Å². The molecule has 0 saturated carbocycles. The number of carbonyl (C=O) groups excluding carboxylic acids is 2. The maximum Gasteiger partial charge on any atom is 0.272 e. The van der Waals surface area contributed by atoms with Gasteiger partial charge in [-0.15, -0.1) is 0 Å². The number of hydrogen-bond acceptors (Lipinski definition) is 4. The predicted molar refractivity (Wildman–Crippen MR) is 124 cm³/mol. The molecule has 0 aliphatic carbocycles. The number of aromatic nitrogens is 2. The number of amides is 2. The average molecular weight is 429 g/mol. The van der Waals surface area contributed by atoms with E-state index >= 15 is 0 Å². The van der Waals surface area contributed by atoms with E-state index in [1.807, 2.05) is 30.5 Å². The van der Waals surface area contributed by atoms with Crippen LogP contribution in [0, 0.1) is 5.41 Å². The van der Waals surface area contributed by atoms with Crippen LogP contribution < -0.4 is 0 Å². The van der Waals surface area contributed by atoms with Crippen molar-refractivity contribution in [1.29, 1.82) is 0 Å². The summed E-state index contributed by atoms with van der Waals surface area (Å²) in [7, 11) is 3.57. The van der Waals surface area contributed by atoms with Crippen LogP contribution in [0.1, 0.15) is 28.9 Å². The Morgan fingerprint density at radius 3 is 2.59 bits per heavy atom. The van der Waals surface area contributed by atoms with Gasteiger partial charge < -0.3 is 9.80 Å². The first-order valence-corrected chi connectivity index (χ1v) is 10.9. The van der Waals surface area contributed by atoms with Gasteiger partial charge in [-0.3, -0.25) is 19.6 Å². The van der Waals surface area contributed by atoms with Gasteiger partial charge in [0.05, 0.1) is 5.41 Å². The van der Waals surface area contributed by atoms with E-state index in [1.165, 1.54) is 0 Å². The maximum atomic E-state index is 13.4. The summed E-state index contributed by atoms with van der Waals surface area (Å²) in [6, 6.07) is 17.5. The van der Waals surface area contributed by atoms with Crippen molar-refractivity contribution in [3.63, 3.8) is 0 Å². The summed E-state index contributed by atoms with van der Waals surface area (Å²) in [6.07, 6.45) is 7.32. The first kappa shape index (κ1) is 21.7. The highest BCUT2D eigenvalue weighted by Gasteiger charge is 2.44. The van der Waals surface area contributed by atoms with E-state index in [1.54, 1.807) is 48.4 Å². The zero-order valence-electron chi connectivity index (χ0n) is 18.6. The minimum absolute atomic E-state index is 0.0581. The van der Waals surface area contributed by atoms with Crippen LogP contribution in [0.3, 0.4) is 0 Å². The smallest absolute Gasteiger partial charge is 0.272 e. The lowest BCUT2D eigenvalue weighted by Crippen LogP contribution is -2.54. The Balaban J connectivity index is 1.64. The zero-order chi connectivity index (χ0) is 22.6. The number of rotatable bonds is 5. The summed E-state index contributed by atoms with van der Waals surface area (Å²) in [6.45, 7) is 1.02. The molecular formula is C26H28N4O2. The van der Waals surface area contributed by atoms with E-state index in [0.717, 1.165) is 29.5 Å². The van der Waals surface area contributed by atoms with Crippen molar-refractivity contribution in [2.24, 2.45) is 5.41 Å².